The molecule has 1 aromatic rings. The average Bonchev–Trinajstić information content (AvgIpc) is 2.58. The van der Waals surface area contributed by atoms with Gasteiger partial charge in [-0.1, -0.05) is 12.2 Å². The van der Waals surface area contributed by atoms with Gasteiger partial charge in [0.25, 0.3) is 5.91 Å². The molecule has 0 saturated carbocycles. The molecule has 0 fully saturated rings. The Balaban J connectivity index is 2.72. The fourth-order valence-electron chi connectivity index (χ4n) is 2.04. The molecule has 1 N–H and O–H groups in total. The van der Waals surface area contributed by atoms with Gasteiger partial charge in [-0.2, -0.15) is 0 Å². The monoisotopic (exact) mass is 380 g/mol. The molecule has 1 amide bonds. The van der Waals surface area contributed by atoms with Crippen LogP contribution in [0.25, 0.3) is 0 Å². The van der Waals surface area contributed by atoms with E-state index in [4.69, 9.17) is 4.74 Å². The lowest BCUT2D eigenvalue weighted by Crippen LogP contribution is -2.35. The molecule has 0 radical (unpaired) electrons. The van der Waals surface area contributed by atoms with Crippen molar-refractivity contribution in [2.45, 2.75) is 24.8 Å². The van der Waals surface area contributed by atoms with E-state index in [9.17, 15) is 18.0 Å². The summed E-state index contributed by atoms with van der Waals surface area (Å²) in [5, 5.41) is 0. The molecule has 0 aliphatic carbocycles. The third-order valence-corrected chi connectivity index (χ3v) is 4.84. The molecule has 7 nitrogen and oxygen atoms in total. The van der Waals surface area contributed by atoms with Gasteiger partial charge in [0.05, 0.1) is 10.5 Å². The van der Waals surface area contributed by atoms with Gasteiger partial charge in [0.1, 0.15) is 0 Å². The first-order valence-corrected chi connectivity index (χ1v) is 9.48. The van der Waals surface area contributed by atoms with Gasteiger partial charge in [0, 0.05) is 19.1 Å². The number of nitrogens with one attached hydrogen (secondary N) is 1. The highest BCUT2D eigenvalue weighted by atomic mass is 32.2. The van der Waals surface area contributed by atoms with Crippen LogP contribution in [0.1, 0.15) is 24.2 Å². The standard InChI is InChI=1S/C18H24N2O5S/c1-5-11-20(12-6-2)17(21)13-25-18(22)15-7-9-16(10-8-15)26(23,24)19-14(3)4/h5-10,14,19H,1-2,11-13H2,3-4H3. The summed E-state index contributed by atoms with van der Waals surface area (Å²) in [6.45, 7) is 10.8. The average molecular weight is 380 g/mol. The number of carbonyl (C=O) groups is 2. The molecule has 0 heterocycles. The van der Waals surface area contributed by atoms with Crippen LogP contribution in [0.3, 0.4) is 0 Å². The maximum Gasteiger partial charge on any atom is 0.338 e. The summed E-state index contributed by atoms with van der Waals surface area (Å²) in [5.41, 5.74) is 0.153. The summed E-state index contributed by atoms with van der Waals surface area (Å²) in [6.07, 6.45) is 3.13. The van der Waals surface area contributed by atoms with Crippen LogP contribution in [-0.4, -0.2) is 50.9 Å². The Bertz CT molecular complexity index is 744. The van der Waals surface area contributed by atoms with Gasteiger partial charge in [-0.05, 0) is 38.1 Å². The van der Waals surface area contributed by atoms with Gasteiger partial charge in [-0.15, -0.1) is 13.2 Å². The van der Waals surface area contributed by atoms with E-state index >= 15 is 0 Å². The number of amides is 1. The third-order valence-electron chi connectivity index (χ3n) is 3.17. The van der Waals surface area contributed by atoms with Gasteiger partial charge in [-0.25, -0.2) is 17.9 Å². The Morgan fingerprint density at radius 2 is 1.69 bits per heavy atom. The van der Waals surface area contributed by atoms with Gasteiger partial charge in [0.2, 0.25) is 10.0 Å². The van der Waals surface area contributed by atoms with Crippen molar-refractivity contribution in [2.75, 3.05) is 19.7 Å². The molecule has 0 aliphatic heterocycles. The largest absolute Gasteiger partial charge is 0.452 e. The summed E-state index contributed by atoms with van der Waals surface area (Å²) in [4.78, 5) is 25.5. The van der Waals surface area contributed by atoms with Crippen molar-refractivity contribution in [3.05, 3.63) is 55.1 Å². The minimum Gasteiger partial charge on any atom is -0.452 e. The molecule has 0 atom stereocenters. The molecule has 0 spiro atoms. The predicted octanol–water partition coefficient (Wildman–Crippen LogP) is 1.73. The Kier molecular flexibility index (Phi) is 8.21. The first kappa shape index (κ1) is 21.6. The fourth-order valence-corrected chi connectivity index (χ4v) is 3.29. The van der Waals surface area contributed by atoms with Crippen molar-refractivity contribution < 1.29 is 22.7 Å². The molecular formula is C18H24N2O5S. The van der Waals surface area contributed by atoms with Gasteiger partial charge in [-0.3, -0.25) is 4.79 Å². The molecule has 0 bridgehead atoms. The van der Waals surface area contributed by atoms with Crippen LogP contribution in [0.5, 0.6) is 0 Å². The third kappa shape index (κ3) is 6.45. The van der Waals surface area contributed by atoms with Crippen LogP contribution in [-0.2, 0) is 19.6 Å². The summed E-state index contributed by atoms with van der Waals surface area (Å²) >= 11 is 0. The zero-order valence-electron chi connectivity index (χ0n) is 15.0. The normalized spacial score (nSPS) is 11.0. The summed E-state index contributed by atoms with van der Waals surface area (Å²) < 4.78 is 31.5. The van der Waals surface area contributed by atoms with E-state index in [-0.39, 0.29) is 22.4 Å². The minimum absolute atomic E-state index is 0.0435. The molecule has 1 aromatic carbocycles. The van der Waals surface area contributed by atoms with E-state index in [1.807, 2.05) is 0 Å². The summed E-state index contributed by atoms with van der Waals surface area (Å²) in [5.74, 6) is -1.09. The molecule has 142 valence electrons. The molecule has 0 unspecified atom stereocenters. The quantitative estimate of drug-likeness (QED) is 0.493. The zero-order chi connectivity index (χ0) is 19.7. The van der Waals surface area contributed by atoms with E-state index in [0.717, 1.165) is 0 Å². The lowest BCUT2D eigenvalue weighted by atomic mass is 10.2. The molecule has 0 aliphatic rings. The number of hydrogen-bond acceptors (Lipinski definition) is 5. The maximum absolute atomic E-state index is 12.0. The second-order valence-electron chi connectivity index (χ2n) is 5.75. The minimum atomic E-state index is -3.63. The lowest BCUT2D eigenvalue weighted by Gasteiger charge is -2.18. The summed E-state index contributed by atoms with van der Waals surface area (Å²) in [7, 11) is -3.63. The van der Waals surface area contributed by atoms with E-state index in [2.05, 4.69) is 17.9 Å². The first-order chi connectivity index (χ1) is 12.2. The number of rotatable bonds is 10. The number of sulfonamides is 1. The van der Waals surface area contributed by atoms with Crippen LogP contribution in [0, 0.1) is 0 Å². The van der Waals surface area contributed by atoms with Crippen molar-refractivity contribution in [1.82, 2.24) is 9.62 Å². The van der Waals surface area contributed by atoms with E-state index in [1.54, 1.807) is 26.0 Å². The zero-order valence-corrected chi connectivity index (χ0v) is 15.8. The van der Waals surface area contributed by atoms with Crippen molar-refractivity contribution in [3.8, 4) is 0 Å². The van der Waals surface area contributed by atoms with Crippen molar-refractivity contribution in [3.63, 3.8) is 0 Å². The molecule has 26 heavy (non-hydrogen) atoms. The van der Waals surface area contributed by atoms with Crippen molar-refractivity contribution in [2.24, 2.45) is 0 Å². The Morgan fingerprint density at radius 3 is 2.15 bits per heavy atom. The maximum atomic E-state index is 12.0. The van der Waals surface area contributed by atoms with E-state index in [1.165, 1.54) is 29.2 Å². The van der Waals surface area contributed by atoms with Crippen LogP contribution >= 0.6 is 0 Å². The smallest absolute Gasteiger partial charge is 0.338 e. The number of esters is 1. The fraction of sp³-hybridized carbons (Fsp3) is 0.333. The topological polar surface area (TPSA) is 92.8 Å². The molecule has 8 heteroatoms. The highest BCUT2D eigenvalue weighted by Crippen LogP contribution is 2.12. The van der Waals surface area contributed by atoms with Crippen molar-refractivity contribution in [1.29, 1.82) is 0 Å². The number of hydrogen-bond donors (Lipinski definition) is 1. The number of nitrogens with zero attached hydrogens (tertiary/aromatic N) is 1. The Morgan fingerprint density at radius 1 is 1.15 bits per heavy atom. The van der Waals surface area contributed by atoms with Crippen molar-refractivity contribution >= 4 is 21.9 Å². The Hall–Kier alpha value is -2.45. The Labute approximate surface area is 154 Å². The number of ether oxygens (including phenoxy) is 1. The van der Waals surface area contributed by atoms with E-state index in [0.29, 0.717) is 13.1 Å². The molecule has 1 rings (SSSR count). The van der Waals surface area contributed by atoms with Crippen LogP contribution in [0.15, 0.2) is 54.5 Å². The van der Waals surface area contributed by atoms with E-state index < -0.39 is 22.6 Å². The first-order valence-electron chi connectivity index (χ1n) is 8.00. The van der Waals surface area contributed by atoms with Gasteiger partial charge >= 0.3 is 5.97 Å². The molecule has 0 saturated heterocycles. The van der Waals surface area contributed by atoms with Crippen LogP contribution in [0.2, 0.25) is 0 Å². The second kappa shape index (κ2) is 9.88. The SMILES string of the molecule is C=CCN(CC=C)C(=O)COC(=O)c1ccc(S(=O)(=O)NC(C)C)cc1. The number of benzene rings is 1. The van der Waals surface area contributed by atoms with Crippen LogP contribution < -0.4 is 4.72 Å². The number of carbonyl (C=O) groups excluding carboxylic acids is 2. The lowest BCUT2D eigenvalue weighted by molar-refractivity contribution is -0.133. The highest BCUT2D eigenvalue weighted by Gasteiger charge is 2.18. The molecular weight excluding hydrogens is 356 g/mol. The van der Waals surface area contributed by atoms with Gasteiger partial charge in [0.15, 0.2) is 6.61 Å². The van der Waals surface area contributed by atoms with Crippen LogP contribution in [0.4, 0.5) is 0 Å². The molecule has 0 aromatic heterocycles. The highest BCUT2D eigenvalue weighted by molar-refractivity contribution is 7.89. The second-order valence-corrected chi connectivity index (χ2v) is 7.47. The predicted molar refractivity (Wildman–Crippen MR) is 99.2 cm³/mol. The summed E-state index contributed by atoms with van der Waals surface area (Å²) in [6, 6.07) is 5.06. The van der Waals surface area contributed by atoms with Gasteiger partial charge < -0.3 is 9.64 Å².